The maximum Gasteiger partial charge on any atom is 0.408 e. The fourth-order valence-corrected chi connectivity index (χ4v) is 6.53. The van der Waals surface area contributed by atoms with E-state index in [0.29, 0.717) is 11.5 Å². The number of alkyl carbamates (subject to hydrolysis) is 1. The number of hydrogen-bond donors (Lipinski definition) is 5. The molecule has 2 heterocycles. The predicted molar refractivity (Wildman–Crippen MR) is 225 cm³/mol. The molecule has 4 amide bonds. The van der Waals surface area contributed by atoms with Gasteiger partial charge in [0.25, 0.3) is 0 Å². The van der Waals surface area contributed by atoms with Crippen LogP contribution in [0, 0.1) is 10.1 Å². The van der Waals surface area contributed by atoms with Crippen molar-refractivity contribution in [1.29, 1.82) is 0 Å². The van der Waals surface area contributed by atoms with Crippen LogP contribution in [-0.2, 0) is 35.1 Å². The summed E-state index contributed by atoms with van der Waals surface area (Å²) in [4.78, 5) is 81.9. The number of amides is 4. The summed E-state index contributed by atoms with van der Waals surface area (Å²) in [6.45, 7) is 8.49. The van der Waals surface area contributed by atoms with Crippen LogP contribution in [0.1, 0.15) is 75.0 Å². The molecule has 4 aromatic rings. The Bertz CT molecular complexity index is 2360. The van der Waals surface area contributed by atoms with Gasteiger partial charge in [-0.25, -0.2) is 9.59 Å². The Morgan fingerprint density at radius 3 is 2.21 bits per heavy atom. The number of nitrogens with one attached hydrogen (secondary N) is 4. The van der Waals surface area contributed by atoms with Crippen molar-refractivity contribution in [2.75, 3.05) is 21.3 Å². The van der Waals surface area contributed by atoms with E-state index in [9.17, 15) is 39.2 Å². The van der Waals surface area contributed by atoms with Gasteiger partial charge in [0, 0.05) is 12.5 Å². The van der Waals surface area contributed by atoms with Crippen molar-refractivity contribution in [3.05, 3.63) is 111 Å². The summed E-state index contributed by atoms with van der Waals surface area (Å²) < 4.78 is 33.0. The van der Waals surface area contributed by atoms with Gasteiger partial charge >= 0.3 is 17.7 Å². The molecule has 63 heavy (non-hydrogen) atoms. The molecule has 19 heteroatoms. The highest BCUT2D eigenvalue weighted by Crippen LogP contribution is 2.44. The van der Waals surface area contributed by atoms with Gasteiger partial charge in [-0.1, -0.05) is 30.3 Å². The number of esters is 1. The number of hydrogen-bond acceptors (Lipinski definition) is 14. The van der Waals surface area contributed by atoms with E-state index in [2.05, 4.69) is 21.3 Å². The lowest BCUT2D eigenvalue weighted by Gasteiger charge is -2.28. The molecule has 6 rings (SSSR count). The molecule has 0 radical (unpaired) electrons. The maximum atomic E-state index is 14.8. The molecule has 4 bridgehead atoms. The highest BCUT2D eigenvalue weighted by Gasteiger charge is 2.36. The monoisotopic (exact) mass is 871 g/mol. The third-order valence-electron chi connectivity index (χ3n) is 9.31. The van der Waals surface area contributed by atoms with Crippen molar-refractivity contribution in [3.63, 3.8) is 0 Å². The highest BCUT2D eigenvalue weighted by molar-refractivity contribution is 5.96. The van der Waals surface area contributed by atoms with Crippen LogP contribution in [0.5, 0.6) is 34.5 Å². The van der Waals surface area contributed by atoms with Gasteiger partial charge in [-0.3, -0.25) is 24.5 Å². The standard InChI is InChI=1S/C44H49N5O14/c1-23(2)61-29-11-9-10-26(20-29)36(48-43(55)63-44(3,4)5)40(52)47-37-27-21-32(50)38(59-7)34(22-27)62-33-17-12-24(19-31(33)49(56)57)18-30(42(54)60-8)45-39(51)35(46-41(37)53)25-13-15-28(58-6)16-14-25/h9-17,19-23,30,35-37,50H,18H2,1-8H3,(H,45,51)(H,46,53)(H,47,52)(H,48,55)/t30-,35+,36+,37-/m1/s1. The molecule has 5 N–H and O–H groups in total. The van der Waals surface area contributed by atoms with E-state index in [1.165, 1.54) is 62.8 Å². The lowest BCUT2D eigenvalue weighted by atomic mass is 9.99. The van der Waals surface area contributed by atoms with E-state index in [0.717, 1.165) is 19.2 Å². The Morgan fingerprint density at radius 2 is 1.59 bits per heavy atom. The predicted octanol–water partition coefficient (Wildman–Crippen LogP) is 5.39. The van der Waals surface area contributed by atoms with Gasteiger partial charge < -0.3 is 54.8 Å². The second-order valence-electron chi connectivity index (χ2n) is 15.5. The number of phenols is 1. The van der Waals surface area contributed by atoms with E-state index >= 15 is 0 Å². The van der Waals surface area contributed by atoms with Crippen molar-refractivity contribution in [3.8, 4) is 34.5 Å². The zero-order valence-electron chi connectivity index (χ0n) is 35.8. The van der Waals surface area contributed by atoms with Crippen LogP contribution in [0.15, 0.2) is 78.9 Å². The zero-order chi connectivity index (χ0) is 46.2. The number of benzene rings is 4. The first-order valence-electron chi connectivity index (χ1n) is 19.6. The van der Waals surface area contributed by atoms with Crippen LogP contribution in [0.3, 0.4) is 0 Å². The largest absolute Gasteiger partial charge is 0.504 e. The molecule has 4 atom stereocenters. The van der Waals surface area contributed by atoms with Gasteiger partial charge in [-0.05, 0) is 99.3 Å². The van der Waals surface area contributed by atoms with Crippen molar-refractivity contribution in [2.45, 2.75) is 76.9 Å². The molecule has 0 unspecified atom stereocenters. The molecule has 0 aliphatic carbocycles. The van der Waals surface area contributed by atoms with Crippen LogP contribution >= 0.6 is 0 Å². The first-order valence-corrected chi connectivity index (χ1v) is 19.6. The van der Waals surface area contributed by atoms with Gasteiger partial charge in [-0.15, -0.1) is 0 Å². The molecule has 2 aliphatic heterocycles. The number of methoxy groups -OCH3 is 3. The van der Waals surface area contributed by atoms with E-state index in [1.807, 2.05) is 0 Å². The molecule has 2 aliphatic rings. The second-order valence-corrected chi connectivity index (χ2v) is 15.5. The number of nitro benzene ring substituents is 1. The summed E-state index contributed by atoms with van der Waals surface area (Å²) in [5.41, 5.74) is -1.08. The fraction of sp³-hybridized carbons (Fsp3) is 0.341. The number of carbonyl (C=O) groups excluding carboxylic acids is 5. The maximum absolute atomic E-state index is 14.8. The van der Waals surface area contributed by atoms with Gasteiger partial charge in [0.1, 0.15) is 41.3 Å². The lowest BCUT2D eigenvalue weighted by Crippen LogP contribution is -2.51. The Hall–Kier alpha value is -7.57. The Kier molecular flexibility index (Phi) is 14.7. The summed E-state index contributed by atoms with van der Waals surface area (Å²) in [5, 5.41) is 34.2. The van der Waals surface area contributed by atoms with E-state index < -0.39 is 75.9 Å². The number of nitrogens with zero attached hydrogens (tertiary/aromatic N) is 1. The number of rotatable bonds is 11. The second kappa shape index (κ2) is 19.9. The van der Waals surface area contributed by atoms with Crippen LogP contribution in [0.4, 0.5) is 10.5 Å². The minimum atomic E-state index is -1.83. The summed E-state index contributed by atoms with van der Waals surface area (Å²) in [6, 6.07) is 12.1. The molecule has 0 aromatic heterocycles. The number of phenolic OH excluding ortho intramolecular Hbond substituents is 1. The first kappa shape index (κ1) is 46.5. The molecule has 334 valence electrons. The van der Waals surface area contributed by atoms with Crippen LogP contribution < -0.4 is 40.2 Å². The fourth-order valence-electron chi connectivity index (χ4n) is 6.53. The van der Waals surface area contributed by atoms with Gasteiger partial charge in [-0.2, -0.15) is 0 Å². The molecule has 0 saturated carbocycles. The number of nitro groups is 1. The minimum Gasteiger partial charge on any atom is -0.504 e. The summed E-state index contributed by atoms with van der Waals surface area (Å²) in [5.74, 6) is -4.62. The van der Waals surface area contributed by atoms with Crippen molar-refractivity contribution in [2.24, 2.45) is 0 Å². The van der Waals surface area contributed by atoms with Crippen molar-refractivity contribution >= 4 is 35.5 Å². The summed E-state index contributed by atoms with van der Waals surface area (Å²) in [7, 11) is 3.73. The Morgan fingerprint density at radius 1 is 0.873 bits per heavy atom. The Balaban J connectivity index is 1.72. The molecular formula is C44H49N5O14. The average Bonchev–Trinajstić information content (AvgIpc) is 3.22. The first-order chi connectivity index (χ1) is 29.8. The molecular weight excluding hydrogens is 823 g/mol. The minimum absolute atomic E-state index is 0.172. The molecule has 4 aromatic carbocycles. The number of aromatic hydroxyl groups is 1. The topological polar surface area (TPSA) is 252 Å². The number of carbonyl (C=O) groups is 5. The third kappa shape index (κ3) is 11.8. The van der Waals surface area contributed by atoms with Crippen LogP contribution in [-0.4, -0.2) is 78.9 Å². The lowest BCUT2D eigenvalue weighted by molar-refractivity contribution is -0.385. The Labute approximate surface area is 362 Å². The highest BCUT2D eigenvalue weighted by atomic mass is 16.6. The smallest absolute Gasteiger partial charge is 0.408 e. The molecule has 0 saturated heterocycles. The quantitative estimate of drug-likeness (QED) is 0.0720. The number of ether oxygens (including phenoxy) is 6. The zero-order valence-corrected chi connectivity index (χ0v) is 35.8. The van der Waals surface area contributed by atoms with E-state index in [1.54, 1.807) is 52.8 Å². The van der Waals surface area contributed by atoms with Gasteiger partial charge in [0.05, 0.1) is 32.4 Å². The third-order valence-corrected chi connectivity index (χ3v) is 9.31. The molecule has 19 nitrogen and oxygen atoms in total. The number of fused-ring (bicyclic) bond motifs is 9. The summed E-state index contributed by atoms with van der Waals surface area (Å²) in [6.07, 6.45) is -1.54. The SMILES string of the molecule is COC(=O)[C@H]1Cc2ccc(c([N+](=O)[O-])c2)Oc2cc(cc(O)c2OC)[C@@H](NC(=O)[C@@H](NC(=O)OC(C)(C)C)c2cccc(OC(C)C)c2)C(=O)N[C@@H](c2ccc(OC)cc2)C(=O)N1. The van der Waals surface area contributed by atoms with E-state index in [-0.39, 0.29) is 52.0 Å². The van der Waals surface area contributed by atoms with Crippen LogP contribution in [0.25, 0.3) is 0 Å². The molecule has 0 spiro atoms. The van der Waals surface area contributed by atoms with Gasteiger partial charge in [0.15, 0.2) is 11.5 Å². The van der Waals surface area contributed by atoms with Crippen molar-refractivity contribution in [1.82, 2.24) is 21.3 Å². The van der Waals surface area contributed by atoms with Crippen molar-refractivity contribution < 1.29 is 62.4 Å². The van der Waals surface area contributed by atoms with E-state index in [4.69, 9.17) is 28.4 Å². The molecule has 0 fully saturated rings. The normalized spacial score (nSPS) is 16.9. The summed E-state index contributed by atoms with van der Waals surface area (Å²) >= 11 is 0. The average molecular weight is 872 g/mol. The van der Waals surface area contributed by atoms with Gasteiger partial charge in [0.2, 0.25) is 29.2 Å². The van der Waals surface area contributed by atoms with Crippen LogP contribution in [0.2, 0.25) is 0 Å².